The van der Waals surface area contributed by atoms with Crippen LogP contribution in [0.3, 0.4) is 0 Å². The number of aryl methyl sites for hydroxylation is 1. The molecule has 1 aromatic carbocycles. The Morgan fingerprint density at radius 3 is 2.70 bits per heavy atom. The highest BCUT2D eigenvalue weighted by Crippen LogP contribution is 2.18. The third-order valence-corrected chi connectivity index (χ3v) is 2.67. The number of carbonyl (C=O) groups is 2. The summed E-state index contributed by atoms with van der Waals surface area (Å²) in [5, 5.41) is 11.7. The Morgan fingerprint density at radius 1 is 1.30 bits per heavy atom. The summed E-state index contributed by atoms with van der Waals surface area (Å²) in [5.74, 6) is -1.70. The number of hydrogen-bond donors (Lipinski definition) is 2. The molecule has 0 saturated heterocycles. The van der Waals surface area contributed by atoms with Crippen LogP contribution in [-0.4, -0.2) is 27.0 Å². The van der Waals surface area contributed by atoms with Crippen molar-refractivity contribution >= 4 is 29.2 Å². The molecular formula is C13H10ClN3O3. The average Bonchev–Trinajstić information content (AvgIpc) is 2.40. The standard InChI is InChI=1S/C13H10ClN3O3/c1-7-2-3-9(8(4-7)13(19)20)17-12(18)10-5-15-6-11(14)16-10/h2-6H,1H3,(H,17,18)(H,19,20). The third kappa shape index (κ3) is 3.10. The van der Waals surface area contributed by atoms with Crippen LogP contribution in [0.5, 0.6) is 0 Å². The second-order valence-corrected chi connectivity index (χ2v) is 4.42. The van der Waals surface area contributed by atoms with Gasteiger partial charge in [0.2, 0.25) is 0 Å². The number of carboxylic acid groups (broad SMARTS) is 1. The van der Waals surface area contributed by atoms with Crippen molar-refractivity contribution in [1.82, 2.24) is 9.97 Å². The highest BCUT2D eigenvalue weighted by atomic mass is 35.5. The topological polar surface area (TPSA) is 92.2 Å². The number of anilines is 1. The number of carboxylic acids is 1. The van der Waals surface area contributed by atoms with Gasteiger partial charge in [0, 0.05) is 0 Å². The lowest BCUT2D eigenvalue weighted by molar-refractivity contribution is 0.0698. The van der Waals surface area contributed by atoms with Crippen LogP contribution in [0.15, 0.2) is 30.6 Å². The molecule has 0 unspecified atom stereocenters. The number of nitrogens with zero attached hydrogens (tertiary/aromatic N) is 2. The summed E-state index contributed by atoms with van der Waals surface area (Å²) in [6.45, 7) is 1.76. The maximum absolute atomic E-state index is 12.0. The molecular weight excluding hydrogens is 282 g/mol. The van der Waals surface area contributed by atoms with E-state index in [0.29, 0.717) is 0 Å². The zero-order chi connectivity index (χ0) is 14.7. The van der Waals surface area contributed by atoms with Crippen LogP contribution in [0.4, 0.5) is 5.69 Å². The number of aromatic carboxylic acids is 1. The molecule has 0 radical (unpaired) electrons. The number of amides is 1. The number of hydrogen-bond acceptors (Lipinski definition) is 4. The van der Waals surface area contributed by atoms with E-state index in [0.717, 1.165) is 5.56 Å². The van der Waals surface area contributed by atoms with Crippen molar-refractivity contribution in [3.63, 3.8) is 0 Å². The van der Waals surface area contributed by atoms with Gasteiger partial charge >= 0.3 is 5.97 Å². The lowest BCUT2D eigenvalue weighted by Gasteiger charge is -2.08. The van der Waals surface area contributed by atoms with Gasteiger partial charge in [-0.1, -0.05) is 23.2 Å². The SMILES string of the molecule is Cc1ccc(NC(=O)c2cncc(Cl)n2)c(C(=O)O)c1. The Labute approximate surface area is 119 Å². The van der Waals surface area contributed by atoms with E-state index in [4.69, 9.17) is 16.7 Å². The van der Waals surface area contributed by atoms with E-state index in [1.807, 2.05) is 0 Å². The van der Waals surface area contributed by atoms with Crippen LogP contribution in [0.25, 0.3) is 0 Å². The number of rotatable bonds is 3. The lowest BCUT2D eigenvalue weighted by Crippen LogP contribution is -2.16. The molecule has 102 valence electrons. The Bertz CT molecular complexity index is 688. The van der Waals surface area contributed by atoms with E-state index in [1.54, 1.807) is 13.0 Å². The summed E-state index contributed by atoms with van der Waals surface area (Å²) in [7, 11) is 0. The summed E-state index contributed by atoms with van der Waals surface area (Å²) < 4.78 is 0. The van der Waals surface area contributed by atoms with E-state index in [2.05, 4.69) is 15.3 Å². The number of nitrogens with one attached hydrogen (secondary N) is 1. The first kappa shape index (κ1) is 14.0. The van der Waals surface area contributed by atoms with Crippen LogP contribution in [0, 0.1) is 6.92 Å². The molecule has 2 aromatic rings. The molecule has 0 fully saturated rings. The van der Waals surface area contributed by atoms with Gasteiger partial charge in [0.25, 0.3) is 5.91 Å². The average molecular weight is 292 g/mol. The van der Waals surface area contributed by atoms with E-state index < -0.39 is 11.9 Å². The first-order valence-corrected chi connectivity index (χ1v) is 5.98. The second-order valence-electron chi connectivity index (χ2n) is 4.04. The van der Waals surface area contributed by atoms with Crippen molar-refractivity contribution < 1.29 is 14.7 Å². The normalized spacial score (nSPS) is 10.1. The van der Waals surface area contributed by atoms with Crippen molar-refractivity contribution in [3.05, 3.63) is 52.6 Å². The van der Waals surface area contributed by atoms with Gasteiger partial charge in [-0.05, 0) is 19.1 Å². The number of benzene rings is 1. The maximum atomic E-state index is 12.0. The monoisotopic (exact) mass is 291 g/mol. The zero-order valence-corrected chi connectivity index (χ0v) is 11.2. The highest BCUT2D eigenvalue weighted by molar-refractivity contribution is 6.29. The van der Waals surface area contributed by atoms with Gasteiger partial charge in [0.1, 0.15) is 10.8 Å². The molecule has 0 atom stereocenters. The van der Waals surface area contributed by atoms with Crippen LogP contribution in [0.2, 0.25) is 5.15 Å². The Morgan fingerprint density at radius 2 is 2.05 bits per heavy atom. The minimum Gasteiger partial charge on any atom is -0.478 e. The lowest BCUT2D eigenvalue weighted by atomic mass is 10.1. The molecule has 1 amide bonds. The molecule has 1 heterocycles. The minimum absolute atomic E-state index is 0.00772. The Balaban J connectivity index is 2.30. The smallest absolute Gasteiger partial charge is 0.337 e. The van der Waals surface area contributed by atoms with Crippen molar-refractivity contribution in [2.45, 2.75) is 6.92 Å². The molecule has 1 aromatic heterocycles. The zero-order valence-electron chi connectivity index (χ0n) is 10.4. The van der Waals surface area contributed by atoms with Crippen molar-refractivity contribution in [1.29, 1.82) is 0 Å². The van der Waals surface area contributed by atoms with E-state index in [9.17, 15) is 9.59 Å². The Kier molecular flexibility index (Phi) is 3.95. The molecule has 7 heteroatoms. The summed E-state index contributed by atoms with van der Waals surface area (Å²) in [6.07, 6.45) is 2.54. The molecule has 6 nitrogen and oxygen atoms in total. The van der Waals surface area contributed by atoms with E-state index in [1.165, 1.54) is 24.5 Å². The molecule has 0 bridgehead atoms. The van der Waals surface area contributed by atoms with Gasteiger partial charge in [0.15, 0.2) is 0 Å². The van der Waals surface area contributed by atoms with Crippen molar-refractivity contribution in [2.75, 3.05) is 5.32 Å². The second kappa shape index (κ2) is 5.66. The molecule has 0 spiro atoms. The van der Waals surface area contributed by atoms with E-state index in [-0.39, 0.29) is 22.1 Å². The fourth-order valence-corrected chi connectivity index (χ4v) is 1.73. The number of halogens is 1. The van der Waals surface area contributed by atoms with Gasteiger partial charge in [-0.3, -0.25) is 9.78 Å². The molecule has 20 heavy (non-hydrogen) atoms. The van der Waals surface area contributed by atoms with Gasteiger partial charge in [-0.25, -0.2) is 9.78 Å². The van der Waals surface area contributed by atoms with Crippen molar-refractivity contribution in [3.8, 4) is 0 Å². The maximum Gasteiger partial charge on any atom is 0.337 e. The van der Waals surface area contributed by atoms with Crippen LogP contribution in [0.1, 0.15) is 26.4 Å². The van der Waals surface area contributed by atoms with E-state index >= 15 is 0 Å². The van der Waals surface area contributed by atoms with Gasteiger partial charge in [0.05, 0.1) is 23.6 Å². The predicted octanol–water partition coefficient (Wildman–Crippen LogP) is 2.39. The number of aromatic nitrogens is 2. The van der Waals surface area contributed by atoms with Crippen LogP contribution >= 0.6 is 11.6 Å². The quantitative estimate of drug-likeness (QED) is 0.906. The number of carbonyl (C=O) groups excluding carboxylic acids is 1. The fourth-order valence-electron chi connectivity index (χ4n) is 1.58. The fraction of sp³-hybridized carbons (Fsp3) is 0.0769. The minimum atomic E-state index is -1.12. The first-order valence-electron chi connectivity index (χ1n) is 5.60. The van der Waals surface area contributed by atoms with Crippen LogP contribution < -0.4 is 5.32 Å². The van der Waals surface area contributed by atoms with Crippen LogP contribution in [-0.2, 0) is 0 Å². The predicted molar refractivity (Wildman–Crippen MR) is 73.1 cm³/mol. The summed E-state index contributed by atoms with van der Waals surface area (Å²) in [6, 6.07) is 4.70. The highest BCUT2D eigenvalue weighted by Gasteiger charge is 2.15. The molecule has 0 aliphatic carbocycles. The summed E-state index contributed by atoms with van der Waals surface area (Å²) >= 11 is 5.65. The largest absolute Gasteiger partial charge is 0.478 e. The molecule has 0 saturated carbocycles. The summed E-state index contributed by atoms with van der Waals surface area (Å²) in [4.78, 5) is 30.7. The molecule has 0 aliphatic heterocycles. The third-order valence-electron chi connectivity index (χ3n) is 2.49. The van der Waals surface area contributed by atoms with Gasteiger partial charge < -0.3 is 10.4 Å². The van der Waals surface area contributed by atoms with Crippen molar-refractivity contribution in [2.24, 2.45) is 0 Å². The molecule has 2 rings (SSSR count). The first-order chi connectivity index (χ1) is 9.47. The van der Waals surface area contributed by atoms with Gasteiger partial charge in [-0.15, -0.1) is 0 Å². The molecule has 0 aliphatic rings. The molecule has 2 N–H and O–H groups in total. The Hall–Kier alpha value is -2.47. The summed E-state index contributed by atoms with van der Waals surface area (Å²) in [5.41, 5.74) is 0.987. The van der Waals surface area contributed by atoms with Gasteiger partial charge in [-0.2, -0.15) is 0 Å².